The van der Waals surface area contributed by atoms with E-state index < -0.39 is 12.1 Å². The molecule has 1 fully saturated rings. The van der Waals surface area contributed by atoms with E-state index in [2.05, 4.69) is 0 Å². The Morgan fingerprint density at radius 1 is 1.23 bits per heavy atom. The molecule has 6 nitrogen and oxygen atoms in total. The second-order valence-corrected chi connectivity index (χ2v) is 6.08. The number of carboxylic acids is 1. The lowest BCUT2D eigenvalue weighted by atomic mass is 10.2. The molecule has 1 amide bonds. The quantitative estimate of drug-likeness (QED) is 0.778. The van der Waals surface area contributed by atoms with E-state index in [1.165, 1.54) is 11.0 Å². The first-order valence-corrected chi connectivity index (χ1v) is 8.26. The van der Waals surface area contributed by atoms with Crippen molar-refractivity contribution >= 4 is 35.4 Å². The van der Waals surface area contributed by atoms with Crippen LogP contribution in [0.2, 0.25) is 5.02 Å². The van der Waals surface area contributed by atoms with E-state index in [0.717, 1.165) is 17.3 Å². The van der Waals surface area contributed by atoms with Crippen molar-refractivity contribution in [2.45, 2.75) is 6.10 Å². The Bertz CT molecular complexity index is 817. The van der Waals surface area contributed by atoms with Crippen molar-refractivity contribution in [3.05, 3.63) is 65.2 Å². The van der Waals surface area contributed by atoms with Gasteiger partial charge in [0.2, 0.25) is 0 Å². The van der Waals surface area contributed by atoms with E-state index in [1.807, 2.05) is 0 Å². The predicted molar refractivity (Wildman–Crippen MR) is 97.7 cm³/mol. The van der Waals surface area contributed by atoms with Crippen molar-refractivity contribution in [2.24, 2.45) is 0 Å². The molecule has 7 heteroatoms. The molecule has 1 saturated heterocycles. The van der Waals surface area contributed by atoms with Gasteiger partial charge < -0.3 is 14.6 Å². The van der Waals surface area contributed by atoms with E-state index in [-0.39, 0.29) is 12.7 Å². The number of carbonyl (C=O) groups is 2. The van der Waals surface area contributed by atoms with Crippen LogP contribution in [0.5, 0.6) is 5.75 Å². The van der Waals surface area contributed by atoms with Crippen molar-refractivity contribution in [1.29, 1.82) is 0 Å². The number of cyclic esters (lactones) is 1. The van der Waals surface area contributed by atoms with Crippen LogP contribution in [-0.4, -0.2) is 36.4 Å². The van der Waals surface area contributed by atoms with Crippen LogP contribution in [-0.2, 0) is 9.53 Å². The van der Waals surface area contributed by atoms with Gasteiger partial charge in [0, 0.05) is 16.8 Å². The molecule has 134 valence electrons. The van der Waals surface area contributed by atoms with Crippen molar-refractivity contribution < 1.29 is 24.2 Å². The number of halogens is 1. The summed E-state index contributed by atoms with van der Waals surface area (Å²) in [6.07, 6.45) is 1.76. The second-order valence-electron chi connectivity index (χ2n) is 5.64. The third-order valence-electron chi connectivity index (χ3n) is 3.75. The summed E-state index contributed by atoms with van der Waals surface area (Å²) in [4.78, 5) is 24.0. The molecule has 0 bridgehead atoms. The lowest BCUT2D eigenvalue weighted by molar-refractivity contribution is -0.131. The van der Waals surface area contributed by atoms with Crippen LogP contribution in [0.1, 0.15) is 5.56 Å². The molecule has 1 unspecified atom stereocenters. The molecule has 3 rings (SSSR count). The van der Waals surface area contributed by atoms with Gasteiger partial charge in [-0.2, -0.15) is 0 Å². The van der Waals surface area contributed by atoms with Crippen molar-refractivity contribution in [2.75, 3.05) is 18.1 Å². The number of hydrogen-bond acceptors (Lipinski definition) is 4. The molecule has 1 aliphatic heterocycles. The molecule has 0 aliphatic carbocycles. The zero-order valence-electron chi connectivity index (χ0n) is 13.7. The van der Waals surface area contributed by atoms with Gasteiger partial charge in [-0.15, -0.1) is 0 Å². The van der Waals surface area contributed by atoms with Gasteiger partial charge in [-0.05, 0) is 48.0 Å². The summed E-state index contributed by atoms with van der Waals surface area (Å²) in [6, 6.07) is 13.9. The van der Waals surface area contributed by atoms with Crippen LogP contribution in [0.15, 0.2) is 54.6 Å². The molecule has 2 aromatic rings. The predicted octanol–water partition coefficient (Wildman–Crippen LogP) is 3.84. The summed E-state index contributed by atoms with van der Waals surface area (Å²) in [6.45, 7) is 0.611. The Labute approximate surface area is 155 Å². The Balaban J connectivity index is 1.54. The monoisotopic (exact) mass is 373 g/mol. The van der Waals surface area contributed by atoms with Gasteiger partial charge in [0.05, 0.1) is 6.54 Å². The first kappa shape index (κ1) is 17.8. The van der Waals surface area contributed by atoms with Gasteiger partial charge in [-0.3, -0.25) is 4.90 Å². The van der Waals surface area contributed by atoms with E-state index in [4.69, 9.17) is 26.2 Å². The zero-order chi connectivity index (χ0) is 18.5. The highest BCUT2D eigenvalue weighted by Gasteiger charge is 2.32. The fourth-order valence-corrected chi connectivity index (χ4v) is 2.60. The summed E-state index contributed by atoms with van der Waals surface area (Å²) in [5, 5.41) is 9.21. The van der Waals surface area contributed by atoms with Crippen molar-refractivity contribution in [3.8, 4) is 5.75 Å². The Kier molecular flexibility index (Phi) is 5.43. The van der Waals surface area contributed by atoms with Crippen LogP contribution >= 0.6 is 11.6 Å². The van der Waals surface area contributed by atoms with Crippen LogP contribution < -0.4 is 9.64 Å². The largest absolute Gasteiger partial charge is 0.490 e. The maximum atomic E-state index is 12.0. The van der Waals surface area contributed by atoms with Crippen LogP contribution in [0.25, 0.3) is 6.08 Å². The number of benzene rings is 2. The summed E-state index contributed by atoms with van der Waals surface area (Å²) >= 11 is 5.86. The average molecular weight is 374 g/mol. The summed E-state index contributed by atoms with van der Waals surface area (Å²) in [7, 11) is 0. The second kappa shape index (κ2) is 7.93. The maximum absolute atomic E-state index is 12.0. The number of anilines is 1. The molecule has 0 aromatic heterocycles. The highest BCUT2D eigenvalue weighted by Crippen LogP contribution is 2.24. The third kappa shape index (κ3) is 4.55. The molecular weight excluding hydrogens is 358 g/mol. The SMILES string of the molecule is O=C(O)/C=C/c1ccc(OCC2CN(c3ccc(Cl)cc3)C(=O)O2)cc1. The number of carboxylic acid groups (broad SMARTS) is 1. The molecule has 1 heterocycles. The molecule has 1 aliphatic rings. The van der Waals surface area contributed by atoms with Gasteiger partial charge in [-0.1, -0.05) is 23.7 Å². The summed E-state index contributed by atoms with van der Waals surface area (Å²) < 4.78 is 11.0. The molecular formula is C19H16ClNO5. The van der Waals surface area contributed by atoms with Gasteiger partial charge in [-0.25, -0.2) is 9.59 Å². The van der Waals surface area contributed by atoms with Gasteiger partial charge >= 0.3 is 12.1 Å². The van der Waals surface area contributed by atoms with Crippen LogP contribution in [0.3, 0.4) is 0 Å². The van der Waals surface area contributed by atoms with E-state index in [0.29, 0.717) is 17.3 Å². The lowest BCUT2D eigenvalue weighted by Gasteiger charge is -2.13. The summed E-state index contributed by atoms with van der Waals surface area (Å²) in [5.74, 6) is -0.392. The number of nitrogens with zero attached hydrogens (tertiary/aromatic N) is 1. The number of carbonyl (C=O) groups excluding carboxylic acids is 1. The minimum Gasteiger partial charge on any atom is -0.490 e. The van der Waals surface area contributed by atoms with Crippen LogP contribution in [0, 0.1) is 0 Å². The number of aliphatic carboxylic acids is 1. The Morgan fingerprint density at radius 3 is 2.58 bits per heavy atom. The molecule has 0 saturated carbocycles. The standard InChI is InChI=1S/C19H16ClNO5/c20-14-4-6-15(7-5-14)21-11-17(26-19(21)24)12-25-16-8-1-13(2-9-16)3-10-18(22)23/h1-10,17H,11-12H2,(H,22,23)/b10-3+. The van der Waals surface area contributed by atoms with E-state index >= 15 is 0 Å². The van der Waals surface area contributed by atoms with Crippen molar-refractivity contribution in [1.82, 2.24) is 0 Å². The number of rotatable bonds is 6. The molecule has 0 radical (unpaired) electrons. The number of amides is 1. The van der Waals surface area contributed by atoms with Gasteiger partial charge in [0.1, 0.15) is 12.4 Å². The molecule has 2 aromatic carbocycles. The van der Waals surface area contributed by atoms with E-state index in [1.54, 1.807) is 48.5 Å². The molecule has 1 N–H and O–H groups in total. The topological polar surface area (TPSA) is 76.1 Å². The Morgan fingerprint density at radius 2 is 1.92 bits per heavy atom. The molecule has 26 heavy (non-hydrogen) atoms. The van der Waals surface area contributed by atoms with Gasteiger partial charge in [0.15, 0.2) is 6.10 Å². The van der Waals surface area contributed by atoms with E-state index in [9.17, 15) is 9.59 Å². The normalized spacial score (nSPS) is 16.7. The van der Waals surface area contributed by atoms with Crippen molar-refractivity contribution in [3.63, 3.8) is 0 Å². The smallest absolute Gasteiger partial charge is 0.414 e. The molecule has 1 atom stereocenters. The number of hydrogen-bond donors (Lipinski definition) is 1. The third-order valence-corrected chi connectivity index (χ3v) is 4.00. The fourth-order valence-electron chi connectivity index (χ4n) is 2.47. The van der Waals surface area contributed by atoms with Gasteiger partial charge in [0.25, 0.3) is 0 Å². The van der Waals surface area contributed by atoms with Crippen LogP contribution in [0.4, 0.5) is 10.5 Å². The lowest BCUT2D eigenvalue weighted by Crippen LogP contribution is -2.26. The number of ether oxygens (including phenoxy) is 2. The Hall–Kier alpha value is -2.99. The minimum absolute atomic E-state index is 0.222. The first-order valence-electron chi connectivity index (χ1n) is 7.89. The fraction of sp³-hybridized carbons (Fsp3) is 0.158. The summed E-state index contributed by atoms with van der Waals surface area (Å²) in [5.41, 5.74) is 1.47. The minimum atomic E-state index is -1.00. The highest BCUT2D eigenvalue weighted by atomic mass is 35.5. The highest BCUT2D eigenvalue weighted by molar-refractivity contribution is 6.30. The average Bonchev–Trinajstić information content (AvgIpc) is 3.00. The zero-order valence-corrected chi connectivity index (χ0v) is 14.4. The molecule has 0 spiro atoms. The first-order chi connectivity index (χ1) is 12.5. The maximum Gasteiger partial charge on any atom is 0.414 e.